The molecule has 0 spiro atoms. The summed E-state index contributed by atoms with van der Waals surface area (Å²) < 4.78 is 0. The maximum absolute atomic E-state index is 11.1. The first kappa shape index (κ1) is 29.5. The van der Waals surface area contributed by atoms with Crippen molar-refractivity contribution in [2.75, 3.05) is 0 Å². The highest BCUT2D eigenvalue weighted by molar-refractivity contribution is 5.51. The van der Waals surface area contributed by atoms with Gasteiger partial charge in [0.25, 0.3) is 0 Å². The van der Waals surface area contributed by atoms with Crippen LogP contribution in [0.2, 0.25) is 0 Å². The van der Waals surface area contributed by atoms with Crippen LogP contribution in [0, 0.1) is 0 Å². The van der Waals surface area contributed by atoms with E-state index in [4.69, 9.17) is 0 Å². The van der Waals surface area contributed by atoms with Crippen LogP contribution in [0.25, 0.3) is 0 Å². The molecule has 0 aliphatic heterocycles. The van der Waals surface area contributed by atoms with E-state index in [0.29, 0.717) is 11.7 Å². The lowest BCUT2D eigenvalue weighted by Gasteiger charge is -2.32. The number of phenolic OH excluding ortho intramolecular Hbond substituents is 1. The molecule has 196 valence electrons. The van der Waals surface area contributed by atoms with Gasteiger partial charge >= 0.3 is 0 Å². The fourth-order valence-electron chi connectivity index (χ4n) is 5.73. The van der Waals surface area contributed by atoms with Crippen LogP contribution < -0.4 is 0 Å². The zero-order valence-corrected chi connectivity index (χ0v) is 23.5. The smallest absolute Gasteiger partial charge is 0.119 e. The number of benzene rings is 2. The molecule has 0 bridgehead atoms. The van der Waals surface area contributed by atoms with Crippen molar-refractivity contribution in [1.29, 1.82) is 0 Å². The third kappa shape index (κ3) is 10.0. The van der Waals surface area contributed by atoms with Crippen LogP contribution in [0.3, 0.4) is 0 Å². The molecule has 0 heterocycles. The van der Waals surface area contributed by atoms with Crippen molar-refractivity contribution in [3.8, 4) is 5.75 Å². The molecule has 0 saturated heterocycles. The molecule has 0 saturated carbocycles. The second-order valence-corrected chi connectivity index (χ2v) is 11.2. The Morgan fingerprint density at radius 1 is 0.600 bits per heavy atom. The third-order valence-corrected chi connectivity index (χ3v) is 7.95. The van der Waals surface area contributed by atoms with E-state index in [1.807, 2.05) is 6.07 Å². The molecule has 0 aromatic heterocycles. The largest absolute Gasteiger partial charge is 0.508 e. The first-order chi connectivity index (χ1) is 17.0. The first-order valence-electron chi connectivity index (χ1n) is 14.9. The summed E-state index contributed by atoms with van der Waals surface area (Å²) in [7, 11) is 0. The number of hydrogen-bond acceptors (Lipinski definition) is 1. The number of unbranched alkanes of at least 4 members (excludes halogenated alkanes) is 12. The van der Waals surface area contributed by atoms with Crippen LogP contribution in [0.4, 0.5) is 0 Å². The fraction of sp³-hybridized carbons (Fsp3) is 0.647. The molecule has 0 radical (unpaired) electrons. The van der Waals surface area contributed by atoms with Crippen LogP contribution in [0.5, 0.6) is 5.75 Å². The molecular weight excluding hydrogens is 424 g/mol. The van der Waals surface area contributed by atoms with E-state index in [2.05, 4.69) is 70.2 Å². The summed E-state index contributed by atoms with van der Waals surface area (Å²) in [4.78, 5) is 0. The quantitative estimate of drug-likeness (QED) is 0.199. The molecule has 1 heteroatoms. The number of hydrogen-bond donors (Lipinski definition) is 1. The Morgan fingerprint density at radius 2 is 1.09 bits per heavy atom. The average Bonchev–Trinajstić information content (AvgIpc) is 2.86. The number of phenols is 1. The zero-order valence-electron chi connectivity index (χ0n) is 23.5. The molecule has 0 aliphatic carbocycles. The SMILES string of the molecule is CCCCCCCCCCCC(CCCCCCC)c1cccc(O)c1C(C)(C)c1ccccc1. The van der Waals surface area contributed by atoms with Crippen molar-refractivity contribution in [2.45, 2.75) is 142 Å². The lowest BCUT2D eigenvalue weighted by atomic mass is 9.72. The standard InChI is InChI=1S/C34H54O/c1-5-7-9-11-12-13-14-16-19-24-29(23-18-15-10-8-6-2)31-27-22-28-32(35)33(31)34(3,4)30-25-20-17-21-26-30/h17,20-22,25-29,35H,5-16,18-19,23-24H2,1-4H3. The fourth-order valence-corrected chi connectivity index (χ4v) is 5.73. The molecular formula is C34H54O. The second kappa shape index (κ2) is 16.8. The second-order valence-electron chi connectivity index (χ2n) is 11.2. The summed E-state index contributed by atoms with van der Waals surface area (Å²) in [6.45, 7) is 9.13. The van der Waals surface area contributed by atoms with Gasteiger partial charge in [-0.3, -0.25) is 0 Å². The van der Waals surface area contributed by atoms with Gasteiger partial charge in [0, 0.05) is 11.0 Å². The molecule has 0 fully saturated rings. The molecule has 1 atom stereocenters. The van der Waals surface area contributed by atoms with Crippen molar-refractivity contribution in [1.82, 2.24) is 0 Å². The van der Waals surface area contributed by atoms with E-state index < -0.39 is 0 Å². The van der Waals surface area contributed by atoms with E-state index in [-0.39, 0.29) is 5.41 Å². The van der Waals surface area contributed by atoms with E-state index in [1.165, 1.54) is 114 Å². The highest BCUT2D eigenvalue weighted by Crippen LogP contribution is 2.43. The van der Waals surface area contributed by atoms with Crippen molar-refractivity contribution < 1.29 is 5.11 Å². The van der Waals surface area contributed by atoms with Crippen LogP contribution in [0.15, 0.2) is 48.5 Å². The molecule has 2 aromatic carbocycles. The van der Waals surface area contributed by atoms with E-state index in [1.54, 1.807) is 0 Å². The van der Waals surface area contributed by atoms with Gasteiger partial charge in [-0.15, -0.1) is 0 Å². The van der Waals surface area contributed by atoms with Gasteiger partial charge in [0.2, 0.25) is 0 Å². The minimum Gasteiger partial charge on any atom is -0.508 e. The predicted molar refractivity (Wildman–Crippen MR) is 155 cm³/mol. The lowest BCUT2D eigenvalue weighted by molar-refractivity contribution is 0.439. The third-order valence-electron chi connectivity index (χ3n) is 7.95. The number of aromatic hydroxyl groups is 1. The van der Waals surface area contributed by atoms with Crippen LogP contribution in [-0.4, -0.2) is 5.11 Å². The van der Waals surface area contributed by atoms with Gasteiger partial charge in [-0.2, -0.15) is 0 Å². The Balaban J connectivity index is 2.10. The minimum atomic E-state index is -0.221. The van der Waals surface area contributed by atoms with Gasteiger partial charge in [0.05, 0.1) is 0 Å². The molecule has 0 aliphatic rings. The summed E-state index contributed by atoms with van der Waals surface area (Å²) in [6, 6.07) is 17.0. The average molecular weight is 479 g/mol. The predicted octanol–water partition coefficient (Wildman–Crippen LogP) is 11.1. The minimum absolute atomic E-state index is 0.221. The van der Waals surface area contributed by atoms with E-state index >= 15 is 0 Å². The van der Waals surface area contributed by atoms with Crippen LogP contribution in [0.1, 0.15) is 153 Å². The highest BCUT2D eigenvalue weighted by Gasteiger charge is 2.31. The van der Waals surface area contributed by atoms with Crippen molar-refractivity contribution >= 4 is 0 Å². The summed E-state index contributed by atoms with van der Waals surface area (Å²) in [6.07, 6.45) is 21.5. The Kier molecular flexibility index (Phi) is 14.2. The Labute approximate surface area is 217 Å². The molecule has 2 rings (SSSR count). The van der Waals surface area contributed by atoms with Gasteiger partial charge < -0.3 is 5.11 Å². The normalized spacial score (nSPS) is 12.7. The first-order valence-corrected chi connectivity index (χ1v) is 14.9. The summed E-state index contributed by atoms with van der Waals surface area (Å²) in [5.41, 5.74) is 3.57. The van der Waals surface area contributed by atoms with Gasteiger partial charge in [-0.1, -0.05) is 160 Å². The Morgan fingerprint density at radius 3 is 1.60 bits per heavy atom. The van der Waals surface area contributed by atoms with Gasteiger partial charge in [0.15, 0.2) is 0 Å². The topological polar surface area (TPSA) is 20.2 Å². The number of rotatable bonds is 19. The maximum Gasteiger partial charge on any atom is 0.119 e. The summed E-state index contributed by atoms with van der Waals surface area (Å²) in [5.74, 6) is 0.991. The van der Waals surface area contributed by atoms with E-state index in [0.717, 1.165) is 5.56 Å². The summed E-state index contributed by atoms with van der Waals surface area (Å²) in [5, 5.41) is 11.1. The Hall–Kier alpha value is -1.76. The lowest BCUT2D eigenvalue weighted by Crippen LogP contribution is -2.22. The maximum atomic E-state index is 11.1. The molecule has 1 unspecified atom stereocenters. The zero-order chi connectivity index (χ0) is 25.4. The molecule has 35 heavy (non-hydrogen) atoms. The Bertz CT molecular complexity index is 791. The van der Waals surface area contributed by atoms with Gasteiger partial charge in [0.1, 0.15) is 5.75 Å². The van der Waals surface area contributed by atoms with Crippen molar-refractivity contribution in [3.05, 3.63) is 65.2 Å². The van der Waals surface area contributed by atoms with Crippen LogP contribution >= 0.6 is 0 Å². The summed E-state index contributed by atoms with van der Waals surface area (Å²) >= 11 is 0. The van der Waals surface area contributed by atoms with E-state index in [9.17, 15) is 5.11 Å². The molecule has 0 amide bonds. The van der Waals surface area contributed by atoms with Gasteiger partial charge in [-0.05, 0) is 36.0 Å². The molecule has 1 nitrogen and oxygen atoms in total. The van der Waals surface area contributed by atoms with Crippen LogP contribution in [-0.2, 0) is 5.41 Å². The molecule has 2 aromatic rings. The van der Waals surface area contributed by atoms with Gasteiger partial charge in [-0.25, -0.2) is 0 Å². The molecule has 1 N–H and O–H groups in total. The van der Waals surface area contributed by atoms with Crippen molar-refractivity contribution in [2.24, 2.45) is 0 Å². The monoisotopic (exact) mass is 478 g/mol. The highest BCUT2D eigenvalue weighted by atomic mass is 16.3. The van der Waals surface area contributed by atoms with Crippen molar-refractivity contribution in [3.63, 3.8) is 0 Å².